The van der Waals surface area contributed by atoms with Gasteiger partial charge >= 0.3 is 0 Å². The maximum Gasteiger partial charge on any atom is 0.178 e. The lowest BCUT2D eigenvalue weighted by atomic mass is 10.2. The van der Waals surface area contributed by atoms with E-state index in [9.17, 15) is 4.39 Å². The summed E-state index contributed by atoms with van der Waals surface area (Å²) in [6, 6.07) is 3.43. The number of fused-ring (bicyclic) bond motifs is 1. The van der Waals surface area contributed by atoms with Gasteiger partial charge in [-0.1, -0.05) is 11.6 Å². The summed E-state index contributed by atoms with van der Waals surface area (Å²) in [6.45, 7) is 0. The van der Waals surface area contributed by atoms with Gasteiger partial charge in [-0.25, -0.2) is 4.39 Å². The molecular weight excluding hydrogens is 279 g/mol. The van der Waals surface area contributed by atoms with Gasteiger partial charge in [0.2, 0.25) is 0 Å². The van der Waals surface area contributed by atoms with Crippen LogP contribution >= 0.6 is 35.6 Å². The fraction of sp³-hybridized carbons (Fsp3) is 0.364. The van der Waals surface area contributed by atoms with Crippen LogP contribution in [0.25, 0.3) is 11.0 Å². The summed E-state index contributed by atoms with van der Waals surface area (Å²) in [7, 11) is 0. The Morgan fingerprint density at radius 3 is 3.06 bits per heavy atom. The molecule has 0 radical (unpaired) electrons. The van der Waals surface area contributed by atoms with E-state index in [0.29, 0.717) is 10.8 Å². The Kier molecular flexibility index (Phi) is 2.92. The number of halogens is 2. The number of aromatic amines is 1. The Morgan fingerprint density at radius 1 is 1.53 bits per heavy atom. The van der Waals surface area contributed by atoms with Crippen LogP contribution in [0.3, 0.4) is 0 Å². The summed E-state index contributed by atoms with van der Waals surface area (Å²) in [5.41, 5.74) is 1.61. The van der Waals surface area contributed by atoms with Crippen molar-refractivity contribution >= 4 is 46.6 Å². The van der Waals surface area contributed by atoms with Crippen LogP contribution < -0.4 is 0 Å². The highest BCUT2D eigenvalue weighted by Crippen LogP contribution is 2.32. The molecule has 0 aliphatic carbocycles. The Labute approximate surface area is 112 Å². The molecule has 1 N–H and O–H groups in total. The van der Waals surface area contributed by atoms with Crippen molar-refractivity contribution in [1.82, 2.24) is 9.55 Å². The standard InChI is InChI=1S/C11H10ClFN2S2/c12-7-3-9-10(4-8(7)13)15(11(16)14-9)6-1-2-17-5-6/h3-4,6H,1-2,5H2,(H,14,16). The summed E-state index contributed by atoms with van der Waals surface area (Å²) in [6.07, 6.45) is 1.08. The van der Waals surface area contributed by atoms with E-state index in [-0.39, 0.29) is 5.02 Å². The smallest absolute Gasteiger partial charge is 0.178 e. The first-order valence-electron chi connectivity index (χ1n) is 5.34. The molecule has 1 saturated heterocycles. The Morgan fingerprint density at radius 2 is 2.35 bits per heavy atom. The number of thioether (sulfide) groups is 1. The molecule has 90 valence electrons. The molecular formula is C11H10ClFN2S2. The molecule has 1 aliphatic heterocycles. The van der Waals surface area contributed by atoms with Gasteiger partial charge in [0, 0.05) is 17.9 Å². The topological polar surface area (TPSA) is 20.7 Å². The minimum absolute atomic E-state index is 0.127. The maximum absolute atomic E-state index is 13.5. The van der Waals surface area contributed by atoms with E-state index in [0.717, 1.165) is 29.0 Å². The molecule has 1 aliphatic rings. The van der Waals surface area contributed by atoms with E-state index in [1.807, 2.05) is 16.3 Å². The second-order valence-corrected chi connectivity index (χ2v) is 6.04. The van der Waals surface area contributed by atoms with Crippen molar-refractivity contribution in [3.05, 3.63) is 27.7 Å². The van der Waals surface area contributed by atoms with Crippen LogP contribution in [0.2, 0.25) is 5.02 Å². The molecule has 17 heavy (non-hydrogen) atoms. The van der Waals surface area contributed by atoms with E-state index < -0.39 is 5.82 Å². The zero-order valence-electron chi connectivity index (χ0n) is 8.87. The molecule has 2 nitrogen and oxygen atoms in total. The van der Waals surface area contributed by atoms with Crippen molar-refractivity contribution in [1.29, 1.82) is 0 Å². The summed E-state index contributed by atoms with van der Waals surface area (Å²) in [5, 5.41) is 0.127. The minimum atomic E-state index is -0.396. The highest BCUT2D eigenvalue weighted by atomic mass is 35.5. The molecule has 0 amide bonds. The second-order valence-electron chi connectivity index (χ2n) is 4.10. The van der Waals surface area contributed by atoms with Gasteiger partial charge in [-0.2, -0.15) is 11.8 Å². The Bertz CT molecular complexity index is 628. The predicted octanol–water partition coefficient (Wildman–Crippen LogP) is 4.17. The van der Waals surface area contributed by atoms with Crippen LogP contribution in [0.4, 0.5) is 4.39 Å². The molecule has 2 aromatic rings. The van der Waals surface area contributed by atoms with Crippen LogP contribution in [0.1, 0.15) is 12.5 Å². The highest BCUT2D eigenvalue weighted by Gasteiger charge is 2.21. The first kappa shape index (κ1) is 11.6. The van der Waals surface area contributed by atoms with E-state index >= 15 is 0 Å². The van der Waals surface area contributed by atoms with Gasteiger partial charge in [0.15, 0.2) is 4.77 Å². The van der Waals surface area contributed by atoms with Gasteiger partial charge < -0.3 is 9.55 Å². The fourth-order valence-electron chi connectivity index (χ4n) is 2.21. The summed E-state index contributed by atoms with van der Waals surface area (Å²) < 4.78 is 16.2. The van der Waals surface area contributed by atoms with Crippen molar-refractivity contribution in [2.45, 2.75) is 12.5 Å². The molecule has 0 bridgehead atoms. The number of nitrogens with zero attached hydrogens (tertiary/aromatic N) is 1. The average molecular weight is 289 g/mol. The number of nitrogens with one attached hydrogen (secondary N) is 1. The average Bonchev–Trinajstić information content (AvgIpc) is 2.86. The fourth-order valence-corrected chi connectivity index (χ4v) is 3.92. The van der Waals surface area contributed by atoms with Gasteiger partial charge in [-0.15, -0.1) is 0 Å². The van der Waals surface area contributed by atoms with Gasteiger partial charge in [-0.05, 0) is 30.5 Å². The van der Waals surface area contributed by atoms with Crippen LogP contribution in [0.5, 0.6) is 0 Å². The predicted molar refractivity (Wildman–Crippen MR) is 73.1 cm³/mol. The molecule has 1 aromatic carbocycles. The third-order valence-corrected chi connectivity index (χ3v) is 4.76. The molecule has 1 unspecified atom stereocenters. The number of rotatable bonds is 1. The number of hydrogen-bond donors (Lipinski definition) is 1. The molecule has 1 fully saturated rings. The first-order chi connectivity index (χ1) is 8.16. The Balaban J connectivity index is 2.26. The molecule has 1 atom stereocenters. The summed E-state index contributed by atoms with van der Waals surface area (Å²) >= 11 is 13.0. The van der Waals surface area contributed by atoms with Crippen molar-refractivity contribution < 1.29 is 4.39 Å². The number of hydrogen-bond acceptors (Lipinski definition) is 2. The summed E-state index contributed by atoms with van der Waals surface area (Å²) in [4.78, 5) is 3.09. The third-order valence-electron chi connectivity index (χ3n) is 3.03. The summed E-state index contributed by atoms with van der Waals surface area (Å²) in [5.74, 6) is 1.77. The van der Waals surface area contributed by atoms with E-state index in [1.54, 1.807) is 6.07 Å². The van der Waals surface area contributed by atoms with E-state index in [4.69, 9.17) is 23.8 Å². The van der Waals surface area contributed by atoms with Crippen molar-refractivity contribution in [2.24, 2.45) is 0 Å². The third kappa shape index (κ3) is 1.90. The molecule has 6 heteroatoms. The van der Waals surface area contributed by atoms with Crippen molar-refractivity contribution in [2.75, 3.05) is 11.5 Å². The number of aromatic nitrogens is 2. The van der Waals surface area contributed by atoms with Gasteiger partial charge in [0.05, 0.1) is 16.1 Å². The largest absolute Gasteiger partial charge is 0.331 e. The molecule has 3 rings (SSSR count). The normalized spacial score (nSPS) is 20.2. The van der Waals surface area contributed by atoms with Crippen molar-refractivity contribution in [3.8, 4) is 0 Å². The monoisotopic (exact) mass is 288 g/mol. The van der Waals surface area contributed by atoms with E-state index in [2.05, 4.69) is 4.98 Å². The van der Waals surface area contributed by atoms with Gasteiger partial charge in [-0.3, -0.25) is 0 Å². The van der Waals surface area contributed by atoms with Crippen LogP contribution in [0.15, 0.2) is 12.1 Å². The molecule has 1 aromatic heterocycles. The molecule has 2 heterocycles. The first-order valence-corrected chi connectivity index (χ1v) is 7.28. The van der Waals surface area contributed by atoms with Crippen LogP contribution in [-0.4, -0.2) is 21.1 Å². The molecule has 0 saturated carbocycles. The number of imidazole rings is 1. The highest BCUT2D eigenvalue weighted by molar-refractivity contribution is 7.99. The minimum Gasteiger partial charge on any atom is -0.331 e. The Hall–Kier alpha value is -0.520. The van der Waals surface area contributed by atoms with Crippen LogP contribution in [-0.2, 0) is 0 Å². The zero-order chi connectivity index (χ0) is 12.0. The van der Waals surface area contributed by atoms with Gasteiger partial charge in [0.1, 0.15) is 5.82 Å². The molecule has 0 spiro atoms. The second kappa shape index (κ2) is 4.30. The van der Waals surface area contributed by atoms with Crippen LogP contribution in [0, 0.1) is 10.6 Å². The maximum atomic E-state index is 13.5. The quantitative estimate of drug-likeness (QED) is 0.795. The van der Waals surface area contributed by atoms with Crippen molar-refractivity contribution in [3.63, 3.8) is 0 Å². The SMILES string of the molecule is Fc1cc2c(cc1Cl)[nH]c(=S)n2C1CCSC1. The van der Waals surface area contributed by atoms with E-state index in [1.165, 1.54) is 6.07 Å². The lowest BCUT2D eigenvalue weighted by molar-refractivity contribution is 0.566. The lowest BCUT2D eigenvalue weighted by Crippen LogP contribution is -2.07. The number of benzene rings is 1. The lowest BCUT2D eigenvalue weighted by Gasteiger charge is -2.11. The van der Waals surface area contributed by atoms with Gasteiger partial charge in [0.25, 0.3) is 0 Å². The number of H-pyrrole nitrogens is 1. The zero-order valence-corrected chi connectivity index (χ0v) is 11.3.